The van der Waals surface area contributed by atoms with Crippen molar-refractivity contribution in [2.75, 3.05) is 26.8 Å². The van der Waals surface area contributed by atoms with Gasteiger partial charge in [-0.15, -0.1) is 23.7 Å². The van der Waals surface area contributed by atoms with Crippen LogP contribution in [0.5, 0.6) is 0 Å². The summed E-state index contributed by atoms with van der Waals surface area (Å²) >= 11 is 1.72. The molecule has 1 aromatic rings. The number of hydrogen-bond donors (Lipinski definition) is 1. The van der Waals surface area contributed by atoms with E-state index in [9.17, 15) is 4.79 Å². The van der Waals surface area contributed by atoms with E-state index >= 15 is 0 Å². The third-order valence-electron chi connectivity index (χ3n) is 3.43. The summed E-state index contributed by atoms with van der Waals surface area (Å²) in [4.78, 5) is 15.4. The Balaban J connectivity index is 0.00000180. The van der Waals surface area contributed by atoms with Crippen LogP contribution in [0.2, 0.25) is 0 Å². The van der Waals surface area contributed by atoms with Crippen LogP contribution in [-0.2, 0) is 16.0 Å². The molecule has 0 radical (unpaired) electrons. The predicted molar refractivity (Wildman–Crippen MR) is 79.9 cm³/mol. The predicted octanol–water partition coefficient (Wildman–Crippen LogP) is 1.68. The minimum absolute atomic E-state index is 0. The van der Waals surface area contributed by atoms with Gasteiger partial charge in [0.1, 0.15) is 0 Å². The molecule has 0 bridgehead atoms. The number of ether oxygens (including phenoxy) is 1. The molecule has 1 saturated heterocycles. The fourth-order valence-corrected chi connectivity index (χ4v) is 2.86. The van der Waals surface area contributed by atoms with E-state index in [0.717, 1.165) is 13.0 Å². The van der Waals surface area contributed by atoms with E-state index in [0.29, 0.717) is 26.1 Å². The van der Waals surface area contributed by atoms with Crippen LogP contribution < -0.4 is 5.73 Å². The minimum Gasteiger partial charge on any atom is -0.381 e. The number of likely N-dealkylation sites (N-methyl/N-ethyl adjacent to an activating group) is 1. The Morgan fingerprint density at radius 2 is 2.21 bits per heavy atom. The number of halogens is 1. The number of nitrogens with two attached hydrogens (primary N) is 1. The molecule has 2 N–H and O–H groups in total. The molecule has 6 heteroatoms. The molecule has 0 spiro atoms. The highest BCUT2D eigenvalue weighted by Crippen LogP contribution is 2.20. The number of nitrogens with zero attached hydrogens (tertiary/aromatic N) is 1. The standard InChI is InChI=1S/C13H20N2O2S.ClH/c1-15(7-4-11-3-2-10-18-11)12(16)13(14)5-8-17-9-6-13;/h2-3,10H,4-9,14H2,1H3;1H. The zero-order valence-electron chi connectivity index (χ0n) is 11.1. The zero-order valence-corrected chi connectivity index (χ0v) is 12.8. The van der Waals surface area contributed by atoms with E-state index in [2.05, 4.69) is 11.4 Å². The fourth-order valence-electron chi connectivity index (χ4n) is 2.16. The van der Waals surface area contributed by atoms with Gasteiger partial charge in [0.15, 0.2) is 0 Å². The lowest BCUT2D eigenvalue weighted by molar-refractivity contribution is -0.139. The number of carbonyl (C=O) groups excluding carboxylic acids is 1. The largest absolute Gasteiger partial charge is 0.381 e. The number of rotatable bonds is 4. The second kappa shape index (κ2) is 7.24. The van der Waals surface area contributed by atoms with Crippen LogP contribution in [0.3, 0.4) is 0 Å². The summed E-state index contributed by atoms with van der Waals surface area (Å²) in [6.07, 6.45) is 2.14. The van der Waals surface area contributed by atoms with Crippen molar-refractivity contribution in [2.45, 2.75) is 24.8 Å². The average Bonchev–Trinajstić information content (AvgIpc) is 2.89. The lowest BCUT2D eigenvalue weighted by atomic mass is 9.90. The molecule has 0 aliphatic carbocycles. The van der Waals surface area contributed by atoms with Gasteiger partial charge in [-0.2, -0.15) is 0 Å². The first-order chi connectivity index (χ1) is 8.62. The van der Waals surface area contributed by atoms with Crippen LogP contribution in [0, 0.1) is 0 Å². The first-order valence-electron chi connectivity index (χ1n) is 6.26. The minimum atomic E-state index is -0.720. The quantitative estimate of drug-likeness (QED) is 0.921. The fraction of sp³-hybridized carbons (Fsp3) is 0.615. The van der Waals surface area contributed by atoms with Crippen molar-refractivity contribution in [3.63, 3.8) is 0 Å². The molecule has 1 aliphatic heterocycles. The molecule has 108 valence electrons. The maximum Gasteiger partial charge on any atom is 0.242 e. The first kappa shape index (κ1) is 16.4. The molecule has 0 saturated carbocycles. The summed E-state index contributed by atoms with van der Waals surface area (Å²) in [7, 11) is 1.83. The molecule has 0 atom stereocenters. The Morgan fingerprint density at radius 3 is 2.79 bits per heavy atom. The molecule has 2 heterocycles. The topological polar surface area (TPSA) is 55.6 Å². The first-order valence-corrected chi connectivity index (χ1v) is 7.14. The van der Waals surface area contributed by atoms with Crippen LogP contribution in [0.4, 0.5) is 0 Å². The van der Waals surface area contributed by atoms with Crippen molar-refractivity contribution in [1.29, 1.82) is 0 Å². The Bertz CT molecular complexity index is 391. The van der Waals surface area contributed by atoms with E-state index in [1.165, 1.54) is 4.88 Å². The number of carbonyl (C=O) groups is 1. The van der Waals surface area contributed by atoms with E-state index in [1.54, 1.807) is 16.2 Å². The van der Waals surface area contributed by atoms with Crippen molar-refractivity contribution in [2.24, 2.45) is 5.73 Å². The SMILES string of the molecule is CN(CCc1cccs1)C(=O)C1(N)CCOCC1.Cl. The van der Waals surface area contributed by atoms with E-state index in [1.807, 2.05) is 13.1 Å². The molecule has 0 unspecified atom stereocenters. The lowest BCUT2D eigenvalue weighted by Gasteiger charge is -2.35. The van der Waals surface area contributed by atoms with E-state index in [-0.39, 0.29) is 18.3 Å². The van der Waals surface area contributed by atoms with Gasteiger partial charge in [-0.25, -0.2) is 0 Å². The van der Waals surface area contributed by atoms with E-state index in [4.69, 9.17) is 10.5 Å². The maximum atomic E-state index is 12.3. The molecular formula is C13H21ClN2O2S. The smallest absolute Gasteiger partial charge is 0.242 e. The molecule has 4 nitrogen and oxygen atoms in total. The van der Waals surface area contributed by atoms with Gasteiger partial charge >= 0.3 is 0 Å². The molecular weight excluding hydrogens is 284 g/mol. The molecule has 0 aromatic carbocycles. The Morgan fingerprint density at radius 1 is 1.53 bits per heavy atom. The second-order valence-electron chi connectivity index (χ2n) is 4.82. The lowest BCUT2D eigenvalue weighted by Crippen LogP contribution is -2.57. The molecule has 1 aromatic heterocycles. The van der Waals surface area contributed by atoms with Crippen molar-refractivity contribution in [3.8, 4) is 0 Å². The van der Waals surface area contributed by atoms with E-state index < -0.39 is 5.54 Å². The van der Waals surface area contributed by atoms with Crippen LogP contribution in [0.15, 0.2) is 17.5 Å². The van der Waals surface area contributed by atoms with Gasteiger partial charge in [0.05, 0.1) is 5.54 Å². The highest BCUT2D eigenvalue weighted by atomic mass is 35.5. The Labute approximate surface area is 124 Å². The van der Waals surface area contributed by atoms with Crippen molar-refractivity contribution >= 4 is 29.7 Å². The normalized spacial score (nSPS) is 17.6. The number of amides is 1. The molecule has 1 fully saturated rings. The van der Waals surface area contributed by atoms with Crippen LogP contribution in [-0.4, -0.2) is 43.2 Å². The number of thiophene rings is 1. The molecule has 1 amide bonds. The summed E-state index contributed by atoms with van der Waals surface area (Å²) in [6, 6.07) is 4.13. The Kier molecular flexibility index (Phi) is 6.26. The van der Waals surface area contributed by atoms with Gasteiger partial charge in [-0.1, -0.05) is 6.07 Å². The number of hydrogen-bond acceptors (Lipinski definition) is 4. The van der Waals surface area contributed by atoms with Gasteiger partial charge in [-0.05, 0) is 30.7 Å². The highest BCUT2D eigenvalue weighted by molar-refractivity contribution is 7.09. The van der Waals surface area contributed by atoms with Crippen molar-refractivity contribution < 1.29 is 9.53 Å². The average molecular weight is 305 g/mol. The molecule has 2 rings (SSSR count). The van der Waals surface area contributed by atoms with Gasteiger partial charge < -0.3 is 15.4 Å². The molecule has 1 aliphatic rings. The molecule has 19 heavy (non-hydrogen) atoms. The zero-order chi connectivity index (χ0) is 13.0. The van der Waals surface area contributed by atoms with Gasteiger partial charge in [0.25, 0.3) is 0 Å². The van der Waals surface area contributed by atoms with Crippen LogP contribution >= 0.6 is 23.7 Å². The summed E-state index contributed by atoms with van der Waals surface area (Å²) in [5.41, 5.74) is 5.46. The van der Waals surface area contributed by atoms with Gasteiger partial charge in [-0.3, -0.25) is 4.79 Å². The van der Waals surface area contributed by atoms with Crippen molar-refractivity contribution in [1.82, 2.24) is 4.90 Å². The maximum absolute atomic E-state index is 12.3. The van der Waals surface area contributed by atoms with Crippen LogP contribution in [0.25, 0.3) is 0 Å². The summed E-state index contributed by atoms with van der Waals surface area (Å²) < 4.78 is 5.26. The van der Waals surface area contributed by atoms with Gasteiger partial charge in [0.2, 0.25) is 5.91 Å². The highest BCUT2D eigenvalue weighted by Gasteiger charge is 2.37. The third-order valence-corrected chi connectivity index (χ3v) is 4.37. The third kappa shape index (κ3) is 4.18. The summed E-state index contributed by atoms with van der Waals surface area (Å²) in [6.45, 7) is 1.89. The van der Waals surface area contributed by atoms with Crippen LogP contribution in [0.1, 0.15) is 17.7 Å². The monoisotopic (exact) mass is 304 g/mol. The Hall–Kier alpha value is -0.620. The van der Waals surface area contributed by atoms with Gasteiger partial charge in [0, 0.05) is 31.7 Å². The summed E-state index contributed by atoms with van der Waals surface area (Å²) in [5.74, 6) is 0.0438. The second-order valence-corrected chi connectivity index (χ2v) is 5.86. The summed E-state index contributed by atoms with van der Waals surface area (Å²) in [5, 5.41) is 2.06. The van der Waals surface area contributed by atoms with Crippen molar-refractivity contribution in [3.05, 3.63) is 22.4 Å².